The largest absolute Gasteiger partial charge is 0.372 e. The average molecular weight is 424 g/mol. The molecule has 2 atom stereocenters. The molecule has 0 aliphatic carbocycles. The smallest absolute Gasteiger partial charge is 0.293 e. The summed E-state index contributed by atoms with van der Waals surface area (Å²) in [6.07, 6.45) is 1.63. The highest BCUT2D eigenvalue weighted by Gasteiger charge is 2.27. The lowest BCUT2D eigenvalue weighted by Crippen LogP contribution is -2.49. The SMILES string of the molecule is Cc1ccccc1-n1ncc2c(C(C)C)nn(CC(=O)N3CC(C)OC(C)C3)c(=O)c21. The van der Waals surface area contributed by atoms with Gasteiger partial charge in [0, 0.05) is 18.5 Å². The first-order valence-electron chi connectivity index (χ1n) is 10.7. The van der Waals surface area contributed by atoms with Gasteiger partial charge in [0.15, 0.2) is 0 Å². The van der Waals surface area contributed by atoms with Crippen LogP contribution < -0.4 is 5.56 Å². The number of aryl methyl sites for hydroxylation is 1. The summed E-state index contributed by atoms with van der Waals surface area (Å²) in [5.41, 5.74) is 2.73. The van der Waals surface area contributed by atoms with Crippen LogP contribution in [0.15, 0.2) is 35.3 Å². The van der Waals surface area contributed by atoms with E-state index in [1.54, 1.807) is 15.8 Å². The summed E-state index contributed by atoms with van der Waals surface area (Å²) >= 11 is 0. The summed E-state index contributed by atoms with van der Waals surface area (Å²) in [5.74, 6) is -0.0602. The number of hydrogen-bond acceptors (Lipinski definition) is 5. The van der Waals surface area contributed by atoms with Gasteiger partial charge in [-0.15, -0.1) is 0 Å². The molecule has 8 nitrogen and oxygen atoms in total. The number of aromatic nitrogens is 4. The minimum absolute atomic E-state index is 0.0337. The van der Waals surface area contributed by atoms with Crippen LogP contribution in [0.3, 0.4) is 0 Å². The summed E-state index contributed by atoms with van der Waals surface area (Å²) in [6, 6.07) is 7.79. The van der Waals surface area contributed by atoms with Crippen molar-refractivity contribution >= 4 is 16.8 Å². The number of rotatable bonds is 4. The van der Waals surface area contributed by atoms with E-state index in [4.69, 9.17) is 4.74 Å². The van der Waals surface area contributed by atoms with Crippen LogP contribution in [0.2, 0.25) is 0 Å². The fourth-order valence-electron chi connectivity index (χ4n) is 4.22. The van der Waals surface area contributed by atoms with Crippen molar-refractivity contribution in [2.24, 2.45) is 0 Å². The van der Waals surface area contributed by atoms with Gasteiger partial charge in [-0.2, -0.15) is 10.2 Å². The second kappa shape index (κ2) is 8.26. The zero-order valence-electron chi connectivity index (χ0n) is 18.7. The maximum atomic E-state index is 13.5. The van der Waals surface area contributed by atoms with E-state index in [0.717, 1.165) is 22.3 Å². The van der Waals surface area contributed by atoms with Gasteiger partial charge in [0.2, 0.25) is 5.91 Å². The zero-order valence-corrected chi connectivity index (χ0v) is 18.7. The van der Waals surface area contributed by atoms with E-state index >= 15 is 0 Å². The summed E-state index contributed by atoms with van der Waals surface area (Å²) < 4.78 is 8.68. The van der Waals surface area contributed by atoms with Crippen molar-refractivity contribution < 1.29 is 9.53 Å². The number of ether oxygens (including phenoxy) is 1. The molecule has 3 aromatic rings. The van der Waals surface area contributed by atoms with Gasteiger partial charge >= 0.3 is 0 Å². The van der Waals surface area contributed by atoms with Crippen molar-refractivity contribution in [2.75, 3.05) is 13.1 Å². The lowest BCUT2D eigenvalue weighted by molar-refractivity contribution is -0.144. The Morgan fingerprint density at radius 2 is 1.87 bits per heavy atom. The molecular weight excluding hydrogens is 394 g/mol. The van der Waals surface area contributed by atoms with E-state index in [1.165, 1.54) is 4.68 Å². The summed E-state index contributed by atoms with van der Waals surface area (Å²) in [7, 11) is 0. The number of amides is 1. The molecule has 0 radical (unpaired) electrons. The highest BCUT2D eigenvalue weighted by Crippen LogP contribution is 2.24. The monoisotopic (exact) mass is 423 g/mol. The van der Waals surface area contributed by atoms with Crippen molar-refractivity contribution in [1.82, 2.24) is 24.5 Å². The molecular formula is C23H29N5O3. The molecule has 1 fully saturated rings. The fraction of sp³-hybridized carbons (Fsp3) is 0.478. The Morgan fingerprint density at radius 3 is 2.52 bits per heavy atom. The van der Waals surface area contributed by atoms with Crippen LogP contribution in [-0.4, -0.2) is 55.7 Å². The molecule has 1 aromatic carbocycles. The van der Waals surface area contributed by atoms with E-state index in [0.29, 0.717) is 18.6 Å². The molecule has 31 heavy (non-hydrogen) atoms. The molecule has 1 amide bonds. The Labute approximate surface area is 181 Å². The minimum Gasteiger partial charge on any atom is -0.372 e. The number of carbonyl (C=O) groups is 1. The van der Waals surface area contributed by atoms with Gasteiger partial charge in [-0.1, -0.05) is 32.0 Å². The lowest BCUT2D eigenvalue weighted by atomic mass is 10.1. The summed E-state index contributed by atoms with van der Waals surface area (Å²) in [4.78, 5) is 28.2. The Bertz CT molecular complexity index is 1170. The number of morpholine rings is 1. The van der Waals surface area contributed by atoms with Crippen molar-refractivity contribution in [3.05, 3.63) is 52.1 Å². The molecule has 1 aliphatic rings. The van der Waals surface area contributed by atoms with Gasteiger partial charge in [-0.3, -0.25) is 9.59 Å². The number of hydrogen-bond donors (Lipinski definition) is 0. The molecule has 0 spiro atoms. The van der Waals surface area contributed by atoms with E-state index in [1.807, 2.05) is 58.9 Å². The maximum Gasteiger partial charge on any atom is 0.293 e. The summed E-state index contributed by atoms with van der Waals surface area (Å²) in [5, 5.41) is 9.81. The molecule has 2 aromatic heterocycles. The van der Waals surface area contributed by atoms with Gasteiger partial charge in [0.1, 0.15) is 12.1 Å². The predicted molar refractivity (Wildman–Crippen MR) is 119 cm³/mol. The van der Waals surface area contributed by atoms with Gasteiger partial charge in [-0.05, 0) is 38.3 Å². The Morgan fingerprint density at radius 1 is 1.19 bits per heavy atom. The van der Waals surface area contributed by atoms with Crippen LogP contribution in [-0.2, 0) is 16.1 Å². The third-order valence-corrected chi connectivity index (χ3v) is 5.66. The molecule has 3 heterocycles. The van der Waals surface area contributed by atoms with Crippen molar-refractivity contribution in [2.45, 2.75) is 59.3 Å². The lowest BCUT2D eigenvalue weighted by Gasteiger charge is -2.35. The first-order valence-corrected chi connectivity index (χ1v) is 10.7. The summed E-state index contributed by atoms with van der Waals surface area (Å²) in [6.45, 7) is 10.8. The standard InChI is InChI=1S/C23H29N5O3/c1-14(2)21-18-10-24-28(19-9-7-6-8-15(19)3)22(18)23(30)27(25-21)13-20(29)26-11-16(4)31-17(5)12-26/h6-10,14,16-17H,11-13H2,1-5H3. The molecule has 2 unspecified atom stereocenters. The predicted octanol–water partition coefficient (Wildman–Crippen LogP) is 2.65. The zero-order chi connectivity index (χ0) is 22.3. The molecule has 8 heteroatoms. The topological polar surface area (TPSA) is 82.2 Å². The van der Waals surface area contributed by atoms with E-state index in [9.17, 15) is 9.59 Å². The van der Waals surface area contributed by atoms with Crippen molar-refractivity contribution in [3.63, 3.8) is 0 Å². The number of fused-ring (bicyclic) bond motifs is 1. The first kappa shape index (κ1) is 21.2. The molecule has 1 aliphatic heterocycles. The molecule has 1 saturated heterocycles. The van der Waals surface area contributed by atoms with Crippen LogP contribution in [0, 0.1) is 6.92 Å². The van der Waals surface area contributed by atoms with Gasteiger partial charge in [-0.25, -0.2) is 9.36 Å². The first-order chi connectivity index (χ1) is 14.8. The minimum atomic E-state index is -0.317. The third-order valence-electron chi connectivity index (χ3n) is 5.66. The quantitative estimate of drug-likeness (QED) is 0.644. The highest BCUT2D eigenvalue weighted by atomic mass is 16.5. The van der Waals surface area contributed by atoms with Crippen LogP contribution in [0.4, 0.5) is 0 Å². The number of carbonyl (C=O) groups excluding carboxylic acids is 1. The van der Waals surface area contributed by atoms with Gasteiger partial charge in [0.05, 0.1) is 29.8 Å². The highest BCUT2D eigenvalue weighted by molar-refractivity contribution is 5.83. The Kier molecular flexibility index (Phi) is 5.66. The Balaban J connectivity index is 1.80. The number of para-hydroxylation sites is 1. The number of benzene rings is 1. The van der Waals surface area contributed by atoms with Crippen LogP contribution in [0.5, 0.6) is 0 Å². The normalized spacial score (nSPS) is 19.4. The second-order valence-electron chi connectivity index (χ2n) is 8.66. The van der Waals surface area contributed by atoms with Crippen molar-refractivity contribution in [1.29, 1.82) is 0 Å². The van der Waals surface area contributed by atoms with Crippen molar-refractivity contribution in [3.8, 4) is 5.69 Å². The number of nitrogens with zero attached hydrogens (tertiary/aromatic N) is 5. The average Bonchev–Trinajstić information content (AvgIpc) is 3.14. The second-order valence-corrected chi connectivity index (χ2v) is 8.66. The van der Waals surface area contributed by atoms with Crippen LogP contribution in [0.1, 0.15) is 44.9 Å². The van der Waals surface area contributed by atoms with Crippen LogP contribution >= 0.6 is 0 Å². The third kappa shape index (κ3) is 3.99. The maximum absolute atomic E-state index is 13.5. The molecule has 164 valence electrons. The molecule has 4 rings (SSSR count). The van der Waals surface area contributed by atoms with E-state index in [-0.39, 0.29) is 36.1 Å². The van der Waals surface area contributed by atoms with Crippen LogP contribution in [0.25, 0.3) is 16.6 Å². The molecule has 0 bridgehead atoms. The molecule has 0 N–H and O–H groups in total. The van der Waals surface area contributed by atoms with E-state index < -0.39 is 0 Å². The Hall–Kier alpha value is -3.00. The van der Waals surface area contributed by atoms with E-state index in [2.05, 4.69) is 10.2 Å². The van der Waals surface area contributed by atoms with Gasteiger partial charge in [0.25, 0.3) is 5.56 Å². The fourth-order valence-corrected chi connectivity index (χ4v) is 4.22. The van der Waals surface area contributed by atoms with Gasteiger partial charge < -0.3 is 9.64 Å². The molecule has 0 saturated carbocycles.